The first-order valence-electron chi connectivity index (χ1n) is 30.1. The predicted octanol–water partition coefficient (Wildman–Crippen LogP) is 18.4. The fourth-order valence-corrected chi connectivity index (χ4v) is 15.4. The molecule has 0 fully saturated rings. The minimum atomic E-state index is -3.33. The smallest absolute Gasteiger partial charge is 0.273 e. The van der Waals surface area contributed by atoms with Crippen LogP contribution >= 0.6 is 63.0 Å². The Labute approximate surface area is 601 Å². The summed E-state index contributed by atoms with van der Waals surface area (Å²) in [5.41, 5.74) is -0.778. The van der Waals surface area contributed by atoms with E-state index >= 15 is 0 Å². The molecule has 8 aromatic carbocycles. The van der Waals surface area contributed by atoms with Gasteiger partial charge in [-0.05, 0) is 133 Å². The second kappa shape index (κ2) is 32.2. The number of nitriles is 4. The first-order valence-corrected chi connectivity index (χ1v) is 34.9. The third kappa shape index (κ3) is 16.7. The summed E-state index contributed by atoms with van der Waals surface area (Å²) in [5.74, 6) is -8.29. The number of alkyl halides is 2. The number of pyridine rings is 4. The lowest BCUT2D eigenvalue weighted by Crippen LogP contribution is -2.12. The molecular weight excluding hydrogens is 1500 g/mol. The second-order valence-electron chi connectivity index (χ2n) is 22.6. The SMILES string of the molecule is CC(F)(F)c1cccc(CSc2[nH]c(=O)c(C#N)c3ccc(F)cc23)c1F.Cc1ccc(CSc2[nH]c(=O)c(C#N)c3ccc(F)cc23)c(F)c1F.Cc1ccc(F)c(CSc2[nH]c(=O)c(C#N)c3ccc(F)cc23)c1F.N#Cc1c(=O)[nH]c(SCc2cc3c(cc2Br)CCO3)c2cc(F)ccc12. The lowest BCUT2D eigenvalue weighted by Gasteiger charge is -2.14. The van der Waals surface area contributed by atoms with Crippen LogP contribution in [0.5, 0.6) is 5.75 Å². The normalized spacial score (nSPS) is 11.5. The molecule has 103 heavy (non-hydrogen) atoms. The minimum Gasteiger partial charge on any atom is -0.493 e. The molecule has 0 atom stereocenters. The molecule has 0 aliphatic carbocycles. The quantitative estimate of drug-likeness (QED) is 0.0622. The van der Waals surface area contributed by atoms with Gasteiger partial charge < -0.3 is 24.7 Å². The Hall–Kier alpha value is -10.5. The molecule has 12 aromatic rings. The Morgan fingerprint density at radius 3 is 1.23 bits per heavy atom. The van der Waals surface area contributed by atoms with E-state index in [9.17, 15) is 72.7 Å². The summed E-state index contributed by atoms with van der Waals surface area (Å²) in [7, 11) is 0. The molecule has 29 heteroatoms. The van der Waals surface area contributed by atoms with Gasteiger partial charge in [0.2, 0.25) is 0 Å². The number of hydrogen-bond acceptors (Lipinski definition) is 13. The first kappa shape index (κ1) is 75.1. The average Bonchev–Trinajstić information content (AvgIpc) is 1.25. The largest absolute Gasteiger partial charge is 0.493 e. The van der Waals surface area contributed by atoms with E-state index < -0.39 is 86.1 Å². The van der Waals surface area contributed by atoms with Gasteiger partial charge in [-0.15, -0.1) is 47.0 Å². The van der Waals surface area contributed by atoms with E-state index in [1.54, 1.807) is 18.2 Å². The van der Waals surface area contributed by atoms with Crippen LogP contribution < -0.4 is 27.0 Å². The van der Waals surface area contributed by atoms with Crippen molar-refractivity contribution in [2.24, 2.45) is 0 Å². The molecule has 0 unspecified atom stereocenters. The molecule has 0 bridgehead atoms. The summed E-state index contributed by atoms with van der Waals surface area (Å²) >= 11 is 7.93. The Morgan fingerprint density at radius 2 is 0.825 bits per heavy atom. The van der Waals surface area contributed by atoms with Crippen molar-refractivity contribution in [2.45, 2.75) is 76.2 Å². The van der Waals surface area contributed by atoms with Gasteiger partial charge in [-0.1, -0.05) is 52.3 Å². The van der Waals surface area contributed by atoms with Crippen molar-refractivity contribution < 1.29 is 53.0 Å². The fraction of sp³-hybridized carbons (Fsp3) is 0.135. The Kier molecular flexibility index (Phi) is 23.5. The maximum absolute atomic E-state index is 14.4. The Bertz CT molecular complexity index is 5860. The number of ether oxygens (including phenoxy) is 1. The standard InChI is InChI=1S/C19H12BrFN2O2S.C19H12F4N2OS.2C18H11F3N2OS/c20-16-5-10-3-4-25-17(10)6-11(16)9-26-19-14-7-12(21)1-2-13(14)15(8-22)18(24)23-19;1-19(22,23)15-4-2-3-10(16(15)21)9-27-18-13-7-11(20)5-6-12(13)14(8-24)17(26)25-18;1-9-2-5-15(20)14(16(9)21)8-25-18-12-6-10(19)3-4-11(12)13(7-22)17(24)23-18;1-9-2-3-10(16(21)15(9)20)8-25-18-13-6-11(19)4-5-12(13)14(7-22)17(24)23-18/h1-2,5-7H,3-4,9H2,(H,23,24);2-7H,9H2,1H3,(H,25,26);2*2-6H,8H2,1H3,(H,23,24). The summed E-state index contributed by atoms with van der Waals surface area (Å²) in [6.07, 6.45) is 0.897. The van der Waals surface area contributed by atoms with Gasteiger partial charge in [0.25, 0.3) is 28.2 Å². The van der Waals surface area contributed by atoms with Crippen LogP contribution in [0, 0.1) is 112 Å². The monoisotopic (exact) mass is 1540 g/mol. The van der Waals surface area contributed by atoms with E-state index in [1.807, 2.05) is 12.1 Å². The molecule has 4 N–H and O–H groups in total. The van der Waals surface area contributed by atoms with Crippen LogP contribution in [0.2, 0.25) is 0 Å². The lowest BCUT2D eigenvalue weighted by atomic mass is 10.1. The summed E-state index contributed by atoms with van der Waals surface area (Å²) in [6.45, 7) is 4.28. The van der Waals surface area contributed by atoms with E-state index in [2.05, 4.69) is 41.9 Å². The van der Waals surface area contributed by atoms with Crippen molar-refractivity contribution in [3.8, 4) is 30.0 Å². The average molecular weight is 1540 g/mol. The van der Waals surface area contributed by atoms with Gasteiger partial charge in [-0.2, -0.15) is 21.0 Å². The Morgan fingerprint density at radius 1 is 0.447 bits per heavy atom. The molecule has 13 rings (SSSR count). The summed E-state index contributed by atoms with van der Waals surface area (Å²) in [5, 5.41) is 40.7. The number of H-pyrrole nitrogens is 4. The second-order valence-corrected chi connectivity index (χ2v) is 27.4. The van der Waals surface area contributed by atoms with Crippen LogP contribution in [-0.2, 0) is 35.4 Å². The number of hydrogen-bond donors (Lipinski definition) is 4. The topological polar surface area (TPSA) is 236 Å². The van der Waals surface area contributed by atoms with Crippen LogP contribution in [0.25, 0.3) is 43.1 Å². The molecule has 0 saturated carbocycles. The number of nitrogens with one attached hydrogen (secondary N) is 4. The molecular formula is C74H46BrF11N8O5S4. The van der Waals surface area contributed by atoms with Gasteiger partial charge in [0.15, 0.2) is 11.6 Å². The molecule has 4 aromatic heterocycles. The van der Waals surface area contributed by atoms with Crippen LogP contribution in [0.15, 0.2) is 171 Å². The number of rotatable bonds is 13. The van der Waals surface area contributed by atoms with E-state index in [0.29, 0.717) is 67.2 Å². The van der Waals surface area contributed by atoms with Gasteiger partial charge in [0, 0.05) is 95.0 Å². The van der Waals surface area contributed by atoms with E-state index in [-0.39, 0.29) is 82.6 Å². The number of aromatic nitrogens is 4. The van der Waals surface area contributed by atoms with Crippen LogP contribution in [0.4, 0.5) is 48.3 Å². The van der Waals surface area contributed by atoms with Gasteiger partial charge in [-0.3, -0.25) is 19.2 Å². The van der Waals surface area contributed by atoms with Crippen LogP contribution in [0.1, 0.15) is 73.7 Å². The van der Waals surface area contributed by atoms with Crippen molar-refractivity contribution in [3.05, 3.63) is 292 Å². The number of halogens is 12. The Balaban J connectivity index is 0.000000148. The molecule has 520 valence electrons. The molecule has 0 spiro atoms. The summed E-state index contributed by atoms with van der Waals surface area (Å²) < 4.78 is 158. The summed E-state index contributed by atoms with van der Waals surface area (Å²) in [4.78, 5) is 58.5. The number of aryl methyl sites for hydroxylation is 2. The third-order valence-corrected chi connectivity index (χ3v) is 20.8. The number of thioether (sulfide) groups is 4. The van der Waals surface area contributed by atoms with Crippen molar-refractivity contribution in [2.75, 3.05) is 6.61 Å². The van der Waals surface area contributed by atoms with Crippen LogP contribution in [0.3, 0.4) is 0 Å². The first-order chi connectivity index (χ1) is 49.1. The van der Waals surface area contributed by atoms with Gasteiger partial charge >= 0.3 is 0 Å². The van der Waals surface area contributed by atoms with Gasteiger partial charge in [-0.25, -0.2) is 48.3 Å². The number of benzene rings is 8. The molecule has 1 aliphatic rings. The van der Waals surface area contributed by atoms with E-state index in [4.69, 9.17) is 20.5 Å². The van der Waals surface area contributed by atoms with E-state index in [0.717, 1.165) is 87.8 Å². The molecule has 1 aliphatic heterocycles. The molecule has 0 saturated heterocycles. The summed E-state index contributed by atoms with van der Waals surface area (Å²) in [6, 6.07) is 35.5. The number of aromatic amines is 4. The maximum atomic E-state index is 14.4. The van der Waals surface area contributed by atoms with Crippen molar-refractivity contribution >= 4 is 106 Å². The zero-order valence-corrected chi connectivity index (χ0v) is 58.2. The minimum absolute atomic E-state index is 0.00328. The maximum Gasteiger partial charge on any atom is 0.273 e. The van der Waals surface area contributed by atoms with E-state index in [1.165, 1.54) is 116 Å². The zero-order valence-electron chi connectivity index (χ0n) is 53.4. The highest BCUT2D eigenvalue weighted by Gasteiger charge is 2.30. The third-order valence-electron chi connectivity index (χ3n) is 15.9. The number of nitrogens with zero attached hydrogens (tertiary/aromatic N) is 4. The molecule has 0 radical (unpaired) electrons. The fourth-order valence-electron chi connectivity index (χ4n) is 10.6. The number of fused-ring (bicyclic) bond motifs is 5. The van der Waals surface area contributed by atoms with Crippen molar-refractivity contribution in [1.29, 1.82) is 21.0 Å². The van der Waals surface area contributed by atoms with Crippen LogP contribution in [-0.4, -0.2) is 26.5 Å². The highest BCUT2D eigenvalue weighted by atomic mass is 79.9. The van der Waals surface area contributed by atoms with Crippen molar-refractivity contribution in [1.82, 2.24) is 19.9 Å². The van der Waals surface area contributed by atoms with Gasteiger partial charge in [0.1, 0.15) is 93.0 Å². The highest BCUT2D eigenvalue weighted by molar-refractivity contribution is 9.10. The van der Waals surface area contributed by atoms with Gasteiger partial charge in [0.05, 0.1) is 32.3 Å². The molecule has 13 nitrogen and oxygen atoms in total. The lowest BCUT2D eigenvalue weighted by molar-refractivity contribution is 0.0136. The molecule has 5 heterocycles. The predicted molar refractivity (Wildman–Crippen MR) is 377 cm³/mol. The molecule has 0 amide bonds. The van der Waals surface area contributed by atoms with Crippen molar-refractivity contribution in [3.63, 3.8) is 0 Å². The highest BCUT2D eigenvalue weighted by Crippen LogP contribution is 2.39. The zero-order chi connectivity index (χ0) is 74.3.